The number of aliphatic hydroxyl groups is 1. The fourth-order valence-electron chi connectivity index (χ4n) is 1.80. The van der Waals surface area contributed by atoms with E-state index in [-0.39, 0.29) is 0 Å². The molecule has 1 atom stereocenters. The first-order valence-electron chi connectivity index (χ1n) is 6.24. The van der Waals surface area contributed by atoms with E-state index in [9.17, 15) is 5.11 Å². The molecule has 0 radical (unpaired) electrons. The summed E-state index contributed by atoms with van der Waals surface area (Å²) in [5.74, 6) is 1.59. The van der Waals surface area contributed by atoms with Gasteiger partial charge in [-0.15, -0.1) is 11.3 Å². The Bertz CT molecular complexity index is 551. The lowest BCUT2D eigenvalue weighted by atomic mass is 10.1. The van der Waals surface area contributed by atoms with Crippen LogP contribution in [0.5, 0.6) is 5.75 Å². The van der Waals surface area contributed by atoms with Crippen LogP contribution >= 0.6 is 22.9 Å². The summed E-state index contributed by atoms with van der Waals surface area (Å²) in [6.45, 7) is 0.798. The second-order valence-corrected chi connectivity index (χ2v) is 6.39. The van der Waals surface area contributed by atoms with Gasteiger partial charge < -0.3 is 9.84 Å². The summed E-state index contributed by atoms with van der Waals surface area (Å²) in [5.41, 5.74) is 0.819. The van der Waals surface area contributed by atoms with Crippen molar-refractivity contribution in [2.45, 2.75) is 18.9 Å². The van der Waals surface area contributed by atoms with Crippen LogP contribution in [0.1, 0.15) is 29.4 Å². The Hall–Kier alpha value is -1.10. The fourth-order valence-corrected chi connectivity index (χ4v) is 2.77. The minimum atomic E-state index is -0.678. The Kier molecular flexibility index (Phi) is 3.73. The van der Waals surface area contributed by atoms with Crippen LogP contribution < -0.4 is 4.74 Å². The second-order valence-electron chi connectivity index (χ2n) is 4.74. The molecule has 5 heteroatoms. The number of nitrogens with zero attached hydrogens (tertiary/aromatic N) is 1. The van der Waals surface area contributed by atoms with E-state index in [2.05, 4.69) is 4.98 Å². The Labute approximate surface area is 120 Å². The minimum absolute atomic E-state index is 0.443. The number of rotatable bonds is 5. The summed E-state index contributed by atoms with van der Waals surface area (Å²) >= 11 is 7.06. The largest absolute Gasteiger partial charge is 0.493 e. The second kappa shape index (κ2) is 5.49. The molecule has 1 saturated carbocycles. The van der Waals surface area contributed by atoms with Crippen molar-refractivity contribution in [1.29, 1.82) is 0 Å². The smallest absolute Gasteiger partial charge is 0.183 e. The van der Waals surface area contributed by atoms with Crippen LogP contribution in [-0.2, 0) is 0 Å². The molecule has 100 valence electrons. The van der Waals surface area contributed by atoms with Crippen molar-refractivity contribution in [3.05, 3.63) is 45.4 Å². The van der Waals surface area contributed by atoms with Crippen molar-refractivity contribution in [3.8, 4) is 5.75 Å². The molecular weight excluding hydrogens is 282 g/mol. The van der Waals surface area contributed by atoms with Gasteiger partial charge in [0.25, 0.3) is 0 Å². The Balaban J connectivity index is 1.67. The zero-order valence-corrected chi connectivity index (χ0v) is 11.8. The standard InChI is InChI=1S/C14H14ClNO2S/c15-14-16-7-12(19-14)13(17)10-3-5-11(6-4-10)18-8-9-1-2-9/h3-7,9,13,17H,1-2,8H2. The molecule has 19 heavy (non-hydrogen) atoms. The first-order valence-corrected chi connectivity index (χ1v) is 7.44. The van der Waals surface area contributed by atoms with Crippen LogP contribution in [0.2, 0.25) is 4.47 Å². The van der Waals surface area contributed by atoms with Gasteiger partial charge in [-0.3, -0.25) is 0 Å². The summed E-state index contributed by atoms with van der Waals surface area (Å²) in [5, 5.41) is 10.2. The summed E-state index contributed by atoms with van der Waals surface area (Å²) in [4.78, 5) is 4.68. The van der Waals surface area contributed by atoms with E-state index in [1.807, 2.05) is 24.3 Å². The number of hydrogen-bond donors (Lipinski definition) is 1. The zero-order valence-electron chi connectivity index (χ0n) is 10.3. The van der Waals surface area contributed by atoms with Gasteiger partial charge in [-0.05, 0) is 36.5 Å². The maximum absolute atomic E-state index is 10.2. The van der Waals surface area contributed by atoms with Gasteiger partial charge in [0.15, 0.2) is 4.47 Å². The van der Waals surface area contributed by atoms with Crippen LogP contribution in [0.25, 0.3) is 0 Å². The van der Waals surface area contributed by atoms with Crippen LogP contribution in [0.3, 0.4) is 0 Å². The Morgan fingerprint density at radius 2 is 2.11 bits per heavy atom. The number of aromatic nitrogens is 1. The lowest BCUT2D eigenvalue weighted by molar-refractivity contribution is 0.223. The maximum atomic E-state index is 10.2. The van der Waals surface area contributed by atoms with Gasteiger partial charge in [-0.1, -0.05) is 23.7 Å². The number of halogens is 1. The molecule has 1 heterocycles. The number of thiazole rings is 1. The molecule has 0 aliphatic heterocycles. The highest BCUT2D eigenvalue weighted by Gasteiger charge is 2.22. The van der Waals surface area contributed by atoms with E-state index in [0.717, 1.165) is 28.7 Å². The predicted molar refractivity (Wildman–Crippen MR) is 75.8 cm³/mol. The molecule has 0 spiro atoms. The molecule has 3 nitrogen and oxygen atoms in total. The quantitative estimate of drug-likeness (QED) is 0.915. The average molecular weight is 296 g/mol. The molecule has 1 unspecified atom stereocenters. The van der Waals surface area contributed by atoms with Gasteiger partial charge >= 0.3 is 0 Å². The Morgan fingerprint density at radius 3 is 2.68 bits per heavy atom. The molecule has 3 rings (SSSR count). The number of hydrogen-bond acceptors (Lipinski definition) is 4. The highest BCUT2D eigenvalue weighted by molar-refractivity contribution is 7.15. The van der Waals surface area contributed by atoms with Gasteiger partial charge in [0.05, 0.1) is 11.5 Å². The number of ether oxygens (including phenoxy) is 1. The summed E-state index contributed by atoms with van der Waals surface area (Å²) in [7, 11) is 0. The molecule has 0 bridgehead atoms. The van der Waals surface area contributed by atoms with Crippen LogP contribution in [0.4, 0.5) is 0 Å². The molecule has 0 saturated heterocycles. The molecule has 0 amide bonds. The monoisotopic (exact) mass is 295 g/mol. The van der Waals surface area contributed by atoms with Gasteiger partial charge in [0, 0.05) is 6.20 Å². The zero-order chi connectivity index (χ0) is 13.2. The topological polar surface area (TPSA) is 42.4 Å². The highest BCUT2D eigenvalue weighted by Crippen LogP contribution is 2.31. The van der Waals surface area contributed by atoms with Crippen molar-refractivity contribution < 1.29 is 9.84 Å². The third-order valence-electron chi connectivity index (χ3n) is 3.14. The first-order chi connectivity index (χ1) is 9.22. The molecule has 1 fully saturated rings. The third kappa shape index (κ3) is 3.26. The molecule has 1 aliphatic carbocycles. The fraction of sp³-hybridized carbons (Fsp3) is 0.357. The molecular formula is C14H14ClNO2S. The molecule has 1 aliphatic rings. The lowest BCUT2D eigenvalue weighted by Gasteiger charge is -2.10. The molecule has 1 N–H and O–H groups in total. The van der Waals surface area contributed by atoms with E-state index in [1.54, 1.807) is 6.20 Å². The van der Waals surface area contributed by atoms with Crippen LogP contribution in [-0.4, -0.2) is 16.7 Å². The minimum Gasteiger partial charge on any atom is -0.493 e. The summed E-state index contributed by atoms with van der Waals surface area (Å²) in [6.07, 6.45) is 3.49. The van der Waals surface area contributed by atoms with E-state index >= 15 is 0 Å². The van der Waals surface area contributed by atoms with E-state index in [1.165, 1.54) is 24.2 Å². The number of benzene rings is 1. The molecule has 1 aromatic carbocycles. The van der Waals surface area contributed by atoms with Crippen LogP contribution in [0.15, 0.2) is 30.5 Å². The van der Waals surface area contributed by atoms with Crippen molar-refractivity contribution in [2.75, 3.05) is 6.61 Å². The predicted octanol–water partition coefficient (Wildman–Crippen LogP) is 3.67. The normalized spacial score (nSPS) is 16.3. The van der Waals surface area contributed by atoms with Gasteiger partial charge in [-0.2, -0.15) is 0 Å². The summed E-state index contributed by atoms with van der Waals surface area (Å²) in [6, 6.07) is 7.54. The molecule has 2 aromatic rings. The van der Waals surface area contributed by atoms with Crippen molar-refractivity contribution >= 4 is 22.9 Å². The Morgan fingerprint density at radius 1 is 1.37 bits per heavy atom. The summed E-state index contributed by atoms with van der Waals surface area (Å²) < 4.78 is 6.10. The van der Waals surface area contributed by atoms with Crippen molar-refractivity contribution in [3.63, 3.8) is 0 Å². The van der Waals surface area contributed by atoms with Gasteiger partial charge in [0.2, 0.25) is 0 Å². The SMILES string of the molecule is OC(c1ccc(OCC2CC2)cc1)c1cnc(Cl)s1. The van der Waals surface area contributed by atoms with Gasteiger partial charge in [0.1, 0.15) is 11.9 Å². The van der Waals surface area contributed by atoms with Gasteiger partial charge in [-0.25, -0.2) is 4.98 Å². The third-order valence-corrected chi connectivity index (χ3v) is 4.31. The van der Waals surface area contributed by atoms with Crippen molar-refractivity contribution in [2.24, 2.45) is 5.92 Å². The highest BCUT2D eigenvalue weighted by atomic mass is 35.5. The maximum Gasteiger partial charge on any atom is 0.183 e. The van der Waals surface area contributed by atoms with E-state index in [4.69, 9.17) is 16.3 Å². The molecule has 1 aromatic heterocycles. The van der Waals surface area contributed by atoms with E-state index in [0.29, 0.717) is 4.47 Å². The first kappa shape index (κ1) is 12.9. The van der Waals surface area contributed by atoms with Crippen molar-refractivity contribution in [1.82, 2.24) is 4.98 Å². The lowest BCUT2D eigenvalue weighted by Crippen LogP contribution is -2.00. The number of aliphatic hydroxyl groups excluding tert-OH is 1. The van der Waals surface area contributed by atoms with E-state index < -0.39 is 6.10 Å². The van der Waals surface area contributed by atoms with Crippen LogP contribution in [0, 0.1) is 5.92 Å². The average Bonchev–Trinajstić information content (AvgIpc) is 3.17.